The van der Waals surface area contributed by atoms with Crippen LogP contribution in [0.3, 0.4) is 0 Å². The fraction of sp³-hybridized carbons (Fsp3) is 0.562. The summed E-state index contributed by atoms with van der Waals surface area (Å²) in [6.45, 7) is 2.61. The Morgan fingerprint density at radius 1 is 1.27 bits per heavy atom. The molecule has 0 amide bonds. The van der Waals surface area contributed by atoms with Crippen molar-refractivity contribution >= 4 is 47.4 Å². The van der Waals surface area contributed by atoms with Crippen molar-refractivity contribution in [2.45, 2.75) is 13.0 Å². The molecule has 0 saturated heterocycles. The normalized spacial score (nSPS) is 10.9. The Balaban J connectivity index is 0.00000625. The van der Waals surface area contributed by atoms with Crippen molar-refractivity contribution in [2.75, 3.05) is 44.9 Å². The van der Waals surface area contributed by atoms with E-state index < -0.39 is 4.92 Å². The maximum Gasteiger partial charge on any atom is 0.269 e. The lowest BCUT2D eigenvalue weighted by atomic mass is 10.2. The summed E-state index contributed by atoms with van der Waals surface area (Å²) in [5, 5.41) is 25.8. The third-order valence-electron chi connectivity index (χ3n) is 3.16. The number of benzene rings is 1. The molecule has 0 unspecified atom stereocenters. The van der Waals surface area contributed by atoms with E-state index >= 15 is 0 Å². The standard InChI is InChI=1S/C16H26N4O4S.HI/c1-25-12-2-7-17-16(18-8-10-24-11-9-21)19-13-14-3-5-15(6-4-14)20(22)23;/h3-6,21H,2,7-13H2,1H3,(H2,17,18,19);1H. The van der Waals surface area contributed by atoms with Crippen LogP contribution in [0, 0.1) is 10.1 Å². The van der Waals surface area contributed by atoms with E-state index in [0.717, 1.165) is 24.3 Å². The number of aliphatic hydroxyl groups excluding tert-OH is 1. The van der Waals surface area contributed by atoms with Crippen molar-refractivity contribution in [1.82, 2.24) is 10.6 Å². The third-order valence-corrected chi connectivity index (χ3v) is 3.86. The summed E-state index contributed by atoms with van der Waals surface area (Å²) in [5.74, 6) is 1.74. The lowest BCUT2D eigenvalue weighted by Gasteiger charge is -2.12. The number of aliphatic imine (C=N–C) groups is 1. The molecular formula is C16H27IN4O4S. The van der Waals surface area contributed by atoms with Crippen LogP contribution in [0.25, 0.3) is 0 Å². The molecule has 8 nitrogen and oxygen atoms in total. The van der Waals surface area contributed by atoms with E-state index in [-0.39, 0.29) is 36.3 Å². The molecule has 0 radical (unpaired) electrons. The second-order valence-corrected chi connectivity index (χ2v) is 6.11. The van der Waals surface area contributed by atoms with E-state index in [1.807, 2.05) is 0 Å². The first-order chi connectivity index (χ1) is 12.2. The molecule has 0 bridgehead atoms. The van der Waals surface area contributed by atoms with Crippen molar-refractivity contribution in [2.24, 2.45) is 4.99 Å². The molecule has 26 heavy (non-hydrogen) atoms. The Kier molecular flexibility index (Phi) is 15.4. The van der Waals surface area contributed by atoms with Gasteiger partial charge in [0.1, 0.15) is 0 Å². The average Bonchev–Trinajstić information content (AvgIpc) is 2.62. The van der Waals surface area contributed by atoms with Gasteiger partial charge in [0.2, 0.25) is 0 Å². The molecule has 148 valence electrons. The Labute approximate surface area is 175 Å². The quantitative estimate of drug-likeness (QED) is 0.101. The van der Waals surface area contributed by atoms with E-state index in [4.69, 9.17) is 9.84 Å². The number of hydrogen-bond donors (Lipinski definition) is 3. The number of ether oxygens (including phenoxy) is 1. The fourth-order valence-electron chi connectivity index (χ4n) is 1.90. The molecule has 1 aromatic carbocycles. The van der Waals surface area contributed by atoms with Crippen LogP contribution in [0.2, 0.25) is 0 Å². The van der Waals surface area contributed by atoms with Crippen LogP contribution in [0.5, 0.6) is 0 Å². The minimum Gasteiger partial charge on any atom is -0.394 e. The van der Waals surface area contributed by atoms with Crippen LogP contribution in [-0.2, 0) is 11.3 Å². The highest BCUT2D eigenvalue weighted by Crippen LogP contribution is 2.12. The predicted molar refractivity (Wildman–Crippen MR) is 117 cm³/mol. The van der Waals surface area contributed by atoms with Crippen LogP contribution in [0.15, 0.2) is 29.3 Å². The number of hydrogen-bond acceptors (Lipinski definition) is 6. The fourth-order valence-corrected chi connectivity index (χ4v) is 2.33. The number of rotatable bonds is 12. The molecule has 0 atom stereocenters. The number of guanidine groups is 1. The molecule has 3 N–H and O–H groups in total. The van der Waals surface area contributed by atoms with Crippen molar-refractivity contribution in [3.8, 4) is 0 Å². The highest BCUT2D eigenvalue weighted by atomic mass is 127. The SMILES string of the molecule is CSCCCNC(=NCc1ccc([N+](=O)[O-])cc1)NCCOCCO.I. The summed E-state index contributed by atoms with van der Waals surface area (Å²) < 4.78 is 5.21. The lowest BCUT2D eigenvalue weighted by Crippen LogP contribution is -2.39. The number of non-ortho nitro benzene ring substituents is 1. The van der Waals surface area contributed by atoms with E-state index in [9.17, 15) is 10.1 Å². The molecule has 0 heterocycles. The van der Waals surface area contributed by atoms with Gasteiger partial charge in [0, 0.05) is 25.2 Å². The lowest BCUT2D eigenvalue weighted by molar-refractivity contribution is -0.384. The van der Waals surface area contributed by atoms with Crippen molar-refractivity contribution < 1.29 is 14.8 Å². The van der Waals surface area contributed by atoms with Gasteiger partial charge in [-0.25, -0.2) is 4.99 Å². The monoisotopic (exact) mass is 498 g/mol. The van der Waals surface area contributed by atoms with Gasteiger partial charge in [0.25, 0.3) is 5.69 Å². The molecule has 0 aliphatic rings. The first-order valence-electron chi connectivity index (χ1n) is 8.10. The van der Waals surface area contributed by atoms with Crippen LogP contribution in [0.4, 0.5) is 5.69 Å². The van der Waals surface area contributed by atoms with Gasteiger partial charge in [-0.3, -0.25) is 10.1 Å². The Morgan fingerprint density at radius 3 is 2.58 bits per heavy atom. The van der Waals surface area contributed by atoms with Crippen LogP contribution < -0.4 is 10.6 Å². The van der Waals surface area contributed by atoms with Crippen LogP contribution in [-0.4, -0.2) is 60.9 Å². The van der Waals surface area contributed by atoms with E-state index in [1.165, 1.54) is 12.1 Å². The van der Waals surface area contributed by atoms with Crippen LogP contribution >= 0.6 is 35.7 Å². The topological polar surface area (TPSA) is 109 Å². The number of nitro groups is 1. The number of nitrogens with zero attached hydrogens (tertiary/aromatic N) is 2. The number of thioether (sulfide) groups is 1. The summed E-state index contributed by atoms with van der Waals surface area (Å²) >= 11 is 1.80. The maximum atomic E-state index is 10.7. The maximum absolute atomic E-state index is 10.7. The molecule has 1 rings (SSSR count). The predicted octanol–water partition coefficient (Wildman–Crippen LogP) is 2.01. The van der Waals surface area contributed by atoms with E-state index in [1.54, 1.807) is 23.9 Å². The highest BCUT2D eigenvalue weighted by Gasteiger charge is 2.04. The zero-order chi connectivity index (χ0) is 18.3. The van der Waals surface area contributed by atoms with Crippen LogP contribution in [0.1, 0.15) is 12.0 Å². The highest BCUT2D eigenvalue weighted by molar-refractivity contribution is 14.0. The summed E-state index contributed by atoms with van der Waals surface area (Å²) in [7, 11) is 0. The Hall–Kier alpha value is -1.11. The van der Waals surface area contributed by atoms with E-state index in [0.29, 0.717) is 32.3 Å². The van der Waals surface area contributed by atoms with Crippen molar-refractivity contribution in [3.05, 3.63) is 39.9 Å². The van der Waals surface area contributed by atoms with Gasteiger partial charge in [-0.1, -0.05) is 12.1 Å². The first kappa shape index (κ1) is 24.9. The molecular weight excluding hydrogens is 471 g/mol. The number of aliphatic hydroxyl groups is 1. The minimum atomic E-state index is -0.417. The Morgan fingerprint density at radius 2 is 1.96 bits per heavy atom. The van der Waals surface area contributed by atoms with Gasteiger partial charge < -0.3 is 20.5 Å². The number of nitrogens with one attached hydrogen (secondary N) is 2. The average molecular weight is 498 g/mol. The summed E-state index contributed by atoms with van der Waals surface area (Å²) in [5.41, 5.74) is 0.967. The number of nitro benzene ring substituents is 1. The Bertz CT molecular complexity index is 531. The molecule has 0 saturated carbocycles. The van der Waals surface area contributed by atoms with Gasteiger partial charge in [-0.2, -0.15) is 11.8 Å². The first-order valence-corrected chi connectivity index (χ1v) is 9.49. The van der Waals surface area contributed by atoms with Gasteiger partial charge >= 0.3 is 0 Å². The van der Waals surface area contributed by atoms with Crippen molar-refractivity contribution in [3.63, 3.8) is 0 Å². The smallest absolute Gasteiger partial charge is 0.269 e. The molecule has 0 spiro atoms. The third kappa shape index (κ3) is 11.5. The van der Waals surface area contributed by atoms with Gasteiger partial charge in [-0.05, 0) is 24.0 Å². The van der Waals surface area contributed by atoms with Gasteiger partial charge in [0.05, 0.1) is 31.3 Å². The van der Waals surface area contributed by atoms with E-state index in [2.05, 4.69) is 21.9 Å². The van der Waals surface area contributed by atoms with Gasteiger partial charge in [0.15, 0.2) is 5.96 Å². The second kappa shape index (κ2) is 16.1. The molecule has 0 aliphatic heterocycles. The summed E-state index contributed by atoms with van der Waals surface area (Å²) in [6, 6.07) is 6.37. The minimum absolute atomic E-state index is 0. The molecule has 0 aliphatic carbocycles. The number of halogens is 1. The zero-order valence-electron chi connectivity index (χ0n) is 14.8. The summed E-state index contributed by atoms with van der Waals surface area (Å²) in [6.07, 6.45) is 3.10. The second-order valence-electron chi connectivity index (χ2n) is 5.12. The largest absolute Gasteiger partial charge is 0.394 e. The van der Waals surface area contributed by atoms with Gasteiger partial charge in [-0.15, -0.1) is 24.0 Å². The molecule has 0 fully saturated rings. The molecule has 0 aromatic heterocycles. The molecule has 10 heteroatoms. The molecule has 1 aromatic rings. The zero-order valence-corrected chi connectivity index (χ0v) is 18.0. The summed E-state index contributed by atoms with van der Waals surface area (Å²) in [4.78, 5) is 14.8. The van der Waals surface area contributed by atoms with Crippen molar-refractivity contribution in [1.29, 1.82) is 0 Å².